The summed E-state index contributed by atoms with van der Waals surface area (Å²) >= 11 is 1.35. The molecule has 16 heteroatoms. The predicted molar refractivity (Wildman–Crippen MR) is 174 cm³/mol. The van der Waals surface area contributed by atoms with Crippen LogP contribution in [0.5, 0.6) is 0 Å². The minimum atomic E-state index is -4.18. The maximum atomic E-state index is 14.2. The largest absolute Gasteiger partial charge is 0.443 e. The Bertz CT molecular complexity index is 1800. The first-order valence-corrected chi connectivity index (χ1v) is 18.8. The van der Waals surface area contributed by atoms with Gasteiger partial charge in [-0.3, -0.25) is 0 Å². The molecule has 3 aromatic rings. The Balaban J connectivity index is 1.11. The van der Waals surface area contributed by atoms with Gasteiger partial charge in [-0.15, -0.1) is 0 Å². The number of carbonyl (C=O) groups excluding carboxylic acids is 1. The normalized spacial score (nSPS) is 26.0. The second-order valence-corrected chi connectivity index (χ2v) is 16.9. The minimum absolute atomic E-state index is 0.00603. The van der Waals surface area contributed by atoms with Gasteiger partial charge >= 0.3 is 6.09 Å². The molecular weight excluding hydrogens is 686 g/mol. The number of hydrogen-bond acceptors (Lipinski definition) is 10. The number of halogens is 3. The lowest BCUT2D eigenvalue weighted by molar-refractivity contribution is -0.147. The molecule has 2 aliphatic heterocycles. The molecule has 2 aliphatic carbocycles. The summed E-state index contributed by atoms with van der Waals surface area (Å²) in [7, 11) is -4.18. The SMILES string of the molecule is CC(C)CN(C[C@@H](O)[C@H](Cc1cc(F)c(F)c(F)c1)NC(=O)OC1C[C@@H]2CO[C@@H]3OC1C[C@H]23)S(=O)(=O)c1ccc2nc(NC3CC3)sc2c1. The number of aliphatic hydroxyl groups excluding tert-OH is 1. The zero-order chi connectivity index (χ0) is 34.6. The Hall–Kier alpha value is -3.02. The number of thiazole rings is 1. The number of hydrogen-bond donors (Lipinski definition) is 3. The van der Waals surface area contributed by atoms with Gasteiger partial charge in [0.05, 0.1) is 40.0 Å². The number of ether oxygens (including phenoxy) is 3. The van der Waals surface area contributed by atoms with Crippen LogP contribution in [0.25, 0.3) is 10.2 Å². The van der Waals surface area contributed by atoms with Crippen LogP contribution >= 0.6 is 11.3 Å². The van der Waals surface area contributed by atoms with E-state index in [9.17, 15) is 31.5 Å². The van der Waals surface area contributed by atoms with Gasteiger partial charge in [-0.25, -0.2) is 31.4 Å². The summed E-state index contributed by atoms with van der Waals surface area (Å²) in [5.41, 5.74) is 0.597. The molecule has 2 unspecified atom stereocenters. The molecule has 1 amide bonds. The van der Waals surface area contributed by atoms with Crippen molar-refractivity contribution in [2.24, 2.45) is 17.8 Å². The van der Waals surface area contributed by atoms with Crippen molar-refractivity contribution in [3.05, 3.63) is 53.3 Å². The van der Waals surface area contributed by atoms with Gasteiger partial charge in [0.15, 0.2) is 28.9 Å². The first-order valence-electron chi connectivity index (χ1n) is 16.6. The van der Waals surface area contributed by atoms with Crippen LogP contribution in [0.1, 0.15) is 45.1 Å². The summed E-state index contributed by atoms with van der Waals surface area (Å²) in [5.74, 6) is -4.25. The van der Waals surface area contributed by atoms with E-state index in [0.717, 1.165) is 29.3 Å². The number of alkyl carbamates (subject to hydrolysis) is 1. The number of carbonyl (C=O) groups is 1. The maximum absolute atomic E-state index is 14.2. The molecule has 4 fully saturated rings. The van der Waals surface area contributed by atoms with Gasteiger partial charge in [-0.05, 0) is 79.8 Å². The number of nitrogens with zero attached hydrogens (tertiary/aromatic N) is 2. The Morgan fingerprint density at radius 1 is 1.14 bits per heavy atom. The predicted octanol–water partition coefficient (Wildman–Crippen LogP) is 4.78. The molecular formula is C33H39F3N4O7S2. The third-order valence-corrected chi connectivity index (χ3v) is 12.4. The van der Waals surface area contributed by atoms with Crippen molar-refractivity contribution in [1.82, 2.24) is 14.6 Å². The van der Waals surface area contributed by atoms with Crippen molar-refractivity contribution in [3.8, 4) is 0 Å². The fraction of sp³-hybridized carbons (Fsp3) is 0.576. The van der Waals surface area contributed by atoms with E-state index in [-0.39, 0.29) is 53.6 Å². The molecule has 3 N–H and O–H groups in total. The van der Waals surface area contributed by atoms with Crippen molar-refractivity contribution in [3.63, 3.8) is 0 Å². The summed E-state index contributed by atoms with van der Waals surface area (Å²) < 4.78 is 89.4. The Morgan fingerprint density at radius 3 is 2.61 bits per heavy atom. The Labute approximate surface area is 286 Å². The van der Waals surface area contributed by atoms with Crippen LogP contribution in [-0.2, 0) is 30.7 Å². The molecule has 1 aromatic heterocycles. The van der Waals surface area contributed by atoms with Crippen molar-refractivity contribution in [2.75, 3.05) is 25.0 Å². The summed E-state index contributed by atoms with van der Waals surface area (Å²) in [6.45, 7) is 3.71. The van der Waals surface area contributed by atoms with Gasteiger partial charge in [0.1, 0.15) is 6.10 Å². The highest BCUT2D eigenvalue weighted by Gasteiger charge is 2.54. The average Bonchev–Trinajstić information content (AvgIpc) is 3.44. The number of aliphatic hydroxyl groups is 1. The number of anilines is 1. The Morgan fingerprint density at radius 2 is 1.90 bits per heavy atom. The maximum Gasteiger partial charge on any atom is 0.407 e. The molecule has 7 rings (SSSR count). The highest BCUT2D eigenvalue weighted by atomic mass is 32.2. The number of sulfonamides is 1. The summed E-state index contributed by atoms with van der Waals surface area (Å²) in [6, 6.07) is 5.30. The number of nitrogens with one attached hydrogen (secondary N) is 2. The van der Waals surface area contributed by atoms with Gasteiger partial charge in [0.2, 0.25) is 10.0 Å². The van der Waals surface area contributed by atoms with E-state index in [1.54, 1.807) is 12.1 Å². The molecule has 0 radical (unpaired) electrons. The lowest BCUT2D eigenvalue weighted by Crippen LogP contribution is -2.52. The molecule has 266 valence electrons. The van der Waals surface area contributed by atoms with Crippen LogP contribution in [0.3, 0.4) is 0 Å². The molecule has 2 saturated carbocycles. The molecule has 2 saturated heterocycles. The highest BCUT2D eigenvalue weighted by molar-refractivity contribution is 7.89. The van der Waals surface area contributed by atoms with Gasteiger partial charge in [0, 0.05) is 25.0 Å². The van der Waals surface area contributed by atoms with Crippen molar-refractivity contribution < 1.29 is 45.7 Å². The first-order chi connectivity index (χ1) is 23.3. The zero-order valence-electron chi connectivity index (χ0n) is 27.0. The summed E-state index contributed by atoms with van der Waals surface area (Å²) in [4.78, 5) is 17.8. The number of fused-ring (bicyclic) bond motifs is 2. The topological polar surface area (TPSA) is 139 Å². The van der Waals surface area contributed by atoms with E-state index < -0.39 is 58.4 Å². The van der Waals surface area contributed by atoms with Gasteiger partial charge < -0.3 is 30.0 Å². The van der Waals surface area contributed by atoms with Gasteiger partial charge in [-0.2, -0.15) is 4.31 Å². The van der Waals surface area contributed by atoms with Crippen LogP contribution in [0.4, 0.5) is 23.1 Å². The van der Waals surface area contributed by atoms with Gasteiger partial charge in [0.25, 0.3) is 0 Å². The van der Waals surface area contributed by atoms with E-state index in [0.29, 0.717) is 40.8 Å². The third-order valence-electron chi connectivity index (χ3n) is 9.58. The zero-order valence-corrected chi connectivity index (χ0v) is 28.6. The van der Waals surface area contributed by atoms with Crippen LogP contribution in [0.2, 0.25) is 0 Å². The second kappa shape index (κ2) is 13.6. The molecule has 49 heavy (non-hydrogen) atoms. The minimum Gasteiger partial charge on any atom is -0.443 e. The first kappa shape index (κ1) is 34.4. The van der Waals surface area contributed by atoms with E-state index in [2.05, 4.69) is 15.6 Å². The average molecular weight is 725 g/mol. The number of amides is 1. The highest BCUT2D eigenvalue weighted by Crippen LogP contribution is 2.47. The molecule has 11 nitrogen and oxygen atoms in total. The van der Waals surface area contributed by atoms with Crippen molar-refractivity contribution in [1.29, 1.82) is 0 Å². The molecule has 3 heterocycles. The molecule has 2 aromatic carbocycles. The van der Waals surface area contributed by atoms with Crippen molar-refractivity contribution >= 4 is 42.8 Å². The lowest BCUT2D eigenvalue weighted by Gasteiger charge is -2.33. The molecule has 2 bridgehead atoms. The van der Waals surface area contributed by atoms with E-state index in [4.69, 9.17) is 14.2 Å². The number of aromatic nitrogens is 1. The smallest absolute Gasteiger partial charge is 0.407 e. The van der Waals surface area contributed by atoms with Crippen molar-refractivity contribution in [2.45, 2.75) is 87.5 Å². The van der Waals surface area contributed by atoms with Crippen LogP contribution < -0.4 is 10.6 Å². The van der Waals surface area contributed by atoms with Crippen LogP contribution in [0.15, 0.2) is 35.2 Å². The van der Waals surface area contributed by atoms with Gasteiger partial charge in [-0.1, -0.05) is 25.2 Å². The van der Waals surface area contributed by atoms with Crippen LogP contribution in [-0.4, -0.2) is 85.3 Å². The third kappa shape index (κ3) is 7.40. The second-order valence-electron chi connectivity index (χ2n) is 13.9. The lowest BCUT2D eigenvalue weighted by atomic mass is 9.80. The fourth-order valence-electron chi connectivity index (χ4n) is 6.96. The number of benzene rings is 2. The summed E-state index contributed by atoms with van der Waals surface area (Å²) in [5, 5.41) is 18.2. The fourth-order valence-corrected chi connectivity index (χ4v) is 9.67. The molecule has 4 aliphatic rings. The standard InChI is InChI=1S/C33H39F3N4O7S2/c1-16(2)13-40(49(43,44)20-5-6-24-29(11-20)48-32(38-24)37-19-3-4-19)14-26(41)25(9-17-7-22(34)30(36)23(35)8-17)39-33(42)47-27-10-18-15-45-31-21(18)12-28(27)46-31/h5-8,11,16,18-19,21,25-28,31,41H,3-4,9-10,12-15H2,1-2H3,(H,37,38)(H,39,42)/t18-,21-,25+,26-,27?,28?,31-/m1/s1. The summed E-state index contributed by atoms with van der Waals surface area (Å²) in [6.07, 6.45) is -0.748. The number of rotatable bonds is 13. The molecule has 0 spiro atoms. The van der Waals surface area contributed by atoms with E-state index in [1.807, 2.05) is 13.8 Å². The quantitative estimate of drug-likeness (QED) is 0.213. The monoisotopic (exact) mass is 724 g/mol. The van der Waals surface area contributed by atoms with E-state index >= 15 is 0 Å². The Kier molecular flexibility index (Phi) is 9.56. The van der Waals surface area contributed by atoms with Crippen LogP contribution in [0, 0.1) is 35.2 Å². The molecule has 7 atom stereocenters. The van der Waals surface area contributed by atoms with E-state index in [1.165, 1.54) is 17.4 Å².